The van der Waals surface area contributed by atoms with Crippen molar-refractivity contribution in [2.45, 2.75) is 19.1 Å². The summed E-state index contributed by atoms with van der Waals surface area (Å²) in [5.41, 5.74) is 0. The summed E-state index contributed by atoms with van der Waals surface area (Å²) in [5, 5.41) is 4.48. The van der Waals surface area contributed by atoms with Crippen LogP contribution in [0.3, 0.4) is 0 Å². The molecule has 0 unspecified atom stereocenters. The van der Waals surface area contributed by atoms with Crippen LogP contribution in [0.4, 0.5) is 13.2 Å². The van der Waals surface area contributed by atoms with Crippen molar-refractivity contribution in [3.05, 3.63) is 20.8 Å². The highest BCUT2D eigenvalue weighted by Crippen LogP contribution is 2.22. The molecule has 8 heteroatoms. The van der Waals surface area contributed by atoms with E-state index in [-0.39, 0.29) is 18.9 Å². The van der Waals surface area contributed by atoms with Crippen molar-refractivity contribution in [2.75, 3.05) is 13.2 Å². The van der Waals surface area contributed by atoms with E-state index in [1.807, 2.05) is 11.4 Å². The van der Waals surface area contributed by atoms with E-state index in [0.717, 1.165) is 9.35 Å². The second-order valence-electron chi connectivity index (χ2n) is 3.39. The predicted octanol–water partition coefficient (Wildman–Crippen LogP) is 3.10. The van der Waals surface area contributed by atoms with Crippen LogP contribution in [-0.4, -0.2) is 25.3 Å². The minimum absolute atomic E-state index is 0.0843. The van der Waals surface area contributed by atoms with E-state index in [2.05, 4.69) is 26.0 Å². The van der Waals surface area contributed by atoms with Gasteiger partial charge in [0, 0.05) is 15.8 Å². The third-order valence-corrected chi connectivity index (χ3v) is 3.80. The van der Waals surface area contributed by atoms with Crippen LogP contribution < -0.4 is 5.32 Å². The monoisotopic (exact) mass is 345 g/mol. The van der Waals surface area contributed by atoms with Crippen molar-refractivity contribution in [3.8, 4) is 0 Å². The Morgan fingerprint density at radius 3 is 2.78 bits per heavy atom. The standard InChI is InChI=1S/C10H11BrF3NO2S/c11-7-2-4-18-8(7)5-15-9(16)1-3-17-6-10(12,13)14/h2,4H,1,3,5-6H2,(H,15,16). The first-order valence-electron chi connectivity index (χ1n) is 5.01. The number of carbonyl (C=O) groups excluding carboxylic acids is 1. The van der Waals surface area contributed by atoms with E-state index in [9.17, 15) is 18.0 Å². The number of halogens is 4. The Hall–Kier alpha value is -0.600. The summed E-state index contributed by atoms with van der Waals surface area (Å²) in [4.78, 5) is 12.2. The zero-order chi connectivity index (χ0) is 13.6. The molecule has 1 N–H and O–H groups in total. The number of carbonyl (C=O) groups is 1. The van der Waals surface area contributed by atoms with Crippen molar-refractivity contribution in [2.24, 2.45) is 0 Å². The SMILES string of the molecule is O=C(CCOCC(F)(F)F)NCc1sccc1Br. The van der Waals surface area contributed by atoms with Gasteiger partial charge in [-0.1, -0.05) is 0 Å². The predicted molar refractivity (Wildman–Crippen MR) is 65.4 cm³/mol. The summed E-state index contributed by atoms with van der Waals surface area (Å²) in [6.45, 7) is -1.20. The minimum Gasteiger partial charge on any atom is -0.372 e. The Kier molecular flexibility index (Phi) is 6.10. The average Bonchev–Trinajstić information content (AvgIpc) is 2.66. The maximum atomic E-state index is 11.7. The molecule has 0 aliphatic heterocycles. The van der Waals surface area contributed by atoms with E-state index < -0.39 is 12.8 Å². The number of nitrogens with one attached hydrogen (secondary N) is 1. The highest BCUT2D eigenvalue weighted by atomic mass is 79.9. The topological polar surface area (TPSA) is 38.3 Å². The fraction of sp³-hybridized carbons (Fsp3) is 0.500. The maximum absolute atomic E-state index is 11.7. The van der Waals surface area contributed by atoms with Crippen molar-refractivity contribution < 1.29 is 22.7 Å². The minimum atomic E-state index is -4.35. The lowest BCUT2D eigenvalue weighted by Crippen LogP contribution is -2.25. The summed E-state index contributed by atoms with van der Waals surface area (Å²) in [5.74, 6) is -0.336. The number of rotatable bonds is 6. The number of thiophene rings is 1. The van der Waals surface area contributed by atoms with Crippen LogP contribution in [0.1, 0.15) is 11.3 Å². The third-order valence-electron chi connectivity index (χ3n) is 1.88. The zero-order valence-corrected chi connectivity index (χ0v) is 11.6. The number of amides is 1. The Labute approximate surface area is 114 Å². The molecule has 3 nitrogen and oxygen atoms in total. The van der Waals surface area contributed by atoms with Gasteiger partial charge in [-0.15, -0.1) is 11.3 Å². The molecule has 0 spiro atoms. The first kappa shape index (κ1) is 15.5. The second-order valence-corrected chi connectivity index (χ2v) is 5.24. The zero-order valence-electron chi connectivity index (χ0n) is 9.22. The van der Waals surface area contributed by atoms with Gasteiger partial charge in [-0.3, -0.25) is 4.79 Å². The molecule has 0 aliphatic rings. The Morgan fingerprint density at radius 2 is 2.22 bits per heavy atom. The van der Waals surface area contributed by atoms with Crippen LogP contribution >= 0.6 is 27.3 Å². The number of hydrogen-bond donors (Lipinski definition) is 1. The Morgan fingerprint density at radius 1 is 1.50 bits per heavy atom. The maximum Gasteiger partial charge on any atom is 0.411 e. The normalized spacial score (nSPS) is 11.6. The molecule has 0 radical (unpaired) electrons. The van der Waals surface area contributed by atoms with Gasteiger partial charge in [0.05, 0.1) is 13.2 Å². The number of hydrogen-bond acceptors (Lipinski definition) is 3. The van der Waals surface area contributed by atoms with Gasteiger partial charge < -0.3 is 10.1 Å². The molecule has 0 atom stereocenters. The molecule has 0 bridgehead atoms. The van der Waals surface area contributed by atoms with Gasteiger partial charge in [0.2, 0.25) is 5.91 Å². The summed E-state index contributed by atoms with van der Waals surface area (Å²) in [6.07, 6.45) is -4.43. The van der Waals surface area contributed by atoms with E-state index in [1.165, 1.54) is 11.3 Å². The molecule has 1 aromatic rings. The van der Waals surface area contributed by atoms with Gasteiger partial charge in [0.1, 0.15) is 6.61 Å². The Bertz CT molecular complexity index is 395. The van der Waals surface area contributed by atoms with Crippen LogP contribution in [0.25, 0.3) is 0 Å². The molecule has 0 saturated carbocycles. The number of alkyl halides is 3. The van der Waals surface area contributed by atoms with Gasteiger partial charge >= 0.3 is 6.18 Å². The van der Waals surface area contributed by atoms with Gasteiger partial charge in [-0.25, -0.2) is 0 Å². The van der Waals surface area contributed by atoms with Crippen molar-refractivity contribution in [3.63, 3.8) is 0 Å². The van der Waals surface area contributed by atoms with Gasteiger partial charge in [-0.05, 0) is 27.4 Å². The first-order valence-corrected chi connectivity index (χ1v) is 6.69. The van der Waals surface area contributed by atoms with Gasteiger partial charge in [0.25, 0.3) is 0 Å². The highest BCUT2D eigenvalue weighted by molar-refractivity contribution is 9.10. The molecular formula is C10H11BrF3NO2S. The summed E-state index contributed by atoms with van der Waals surface area (Å²) < 4.78 is 40.4. The summed E-state index contributed by atoms with van der Waals surface area (Å²) in [6, 6.07) is 1.86. The fourth-order valence-corrected chi connectivity index (χ4v) is 2.50. The summed E-state index contributed by atoms with van der Waals surface area (Å²) >= 11 is 4.79. The molecule has 0 aromatic carbocycles. The van der Waals surface area contributed by atoms with Crippen LogP contribution in [-0.2, 0) is 16.1 Å². The van der Waals surface area contributed by atoms with E-state index >= 15 is 0 Å². The molecule has 18 heavy (non-hydrogen) atoms. The van der Waals surface area contributed by atoms with Gasteiger partial charge in [0.15, 0.2) is 0 Å². The lowest BCUT2D eigenvalue weighted by atomic mass is 10.4. The Balaban J connectivity index is 2.13. The molecule has 0 saturated heterocycles. The number of ether oxygens (including phenoxy) is 1. The second kappa shape index (κ2) is 7.10. The van der Waals surface area contributed by atoms with E-state index in [4.69, 9.17) is 0 Å². The average molecular weight is 346 g/mol. The van der Waals surface area contributed by atoms with Crippen LogP contribution in [0.2, 0.25) is 0 Å². The fourth-order valence-electron chi connectivity index (χ4n) is 1.07. The third kappa shape index (κ3) is 6.36. The molecule has 1 rings (SSSR count). The van der Waals surface area contributed by atoms with Crippen molar-refractivity contribution in [1.82, 2.24) is 5.32 Å². The molecular weight excluding hydrogens is 335 g/mol. The molecule has 0 aliphatic carbocycles. The molecule has 1 amide bonds. The van der Waals surface area contributed by atoms with Crippen LogP contribution in [0.5, 0.6) is 0 Å². The van der Waals surface area contributed by atoms with Crippen molar-refractivity contribution in [1.29, 1.82) is 0 Å². The quantitative estimate of drug-likeness (QED) is 0.804. The van der Waals surface area contributed by atoms with Crippen LogP contribution in [0.15, 0.2) is 15.9 Å². The molecule has 102 valence electrons. The van der Waals surface area contributed by atoms with Gasteiger partial charge in [-0.2, -0.15) is 13.2 Å². The molecule has 1 heterocycles. The highest BCUT2D eigenvalue weighted by Gasteiger charge is 2.27. The smallest absolute Gasteiger partial charge is 0.372 e. The largest absolute Gasteiger partial charge is 0.411 e. The lowest BCUT2D eigenvalue weighted by Gasteiger charge is -2.07. The lowest BCUT2D eigenvalue weighted by molar-refractivity contribution is -0.174. The van der Waals surface area contributed by atoms with E-state index in [0.29, 0.717) is 6.54 Å². The van der Waals surface area contributed by atoms with E-state index in [1.54, 1.807) is 0 Å². The van der Waals surface area contributed by atoms with Crippen molar-refractivity contribution >= 4 is 33.2 Å². The molecule has 1 aromatic heterocycles. The summed E-state index contributed by atoms with van der Waals surface area (Å²) in [7, 11) is 0. The first-order chi connectivity index (χ1) is 8.38. The molecule has 0 fully saturated rings. The van der Waals surface area contributed by atoms with Crippen LogP contribution in [0, 0.1) is 0 Å².